The maximum Gasteiger partial charge on any atom is 0.264 e. The minimum absolute atomic E-state index is 0.173. The third-order valence-electron chi connectivity index (χ3n) is 4.10. The van der Waals surface area contributed by atoms with Crippen LogP contribution in [0.4, 0.5) is 4.39 Å². The van der Waals surface area contributed by atoms with E-state index in [4.69, 9.17) is 10.00 Å². The second-order valence-electron chi connectivity index (χ2n) is 5.93. The molecule has 0 aliphatic heterocycles. The van der Waals surface area contributed by atoms with E-state index < -0.39 is 0 Å². The summed E-state index contributed by atoms with van der Waals surface area (Å²) in [5, 5.41) is 9.32. The minimum Gasteiger partial charge on any atom is -0.380 e. The van der Waals surface area contributed by atoms with Crippen LogP contribution in [0.25, 0.3) is 10.1 Å². The van der Waals surface area contributed by atoms with Gasteiger partial charge in [-0.2, -0.15) is 5.26 Å². The molecule has 26 heavy (non-hydrogen) atoms. The van der Waals surface area contributed by atoms with Crippen LogP contribution in [-0.4, -0.2) is 25.0 Å². The zero-order valence-corrected chi connectivity index (χ0v) is 15.3. The van der Waals surface area contributed by atoms with Crippen LogP contribution >= 0.6 is 11.3 Å². The molecule has 6 heteroatoms. The van der Waals surface area contributed by atoms with Crippen LogP contribution in [0, 0.1) is 17.1 Å². The molecule has 3 rings (SSSR count). The largest absolute Gasteiger partial charge is 0.380 e. The number of ether oxygens (including phenoxy) is 1. The number of thiophene rings is 1. The zero-order valence-electron chi connectivity index (χ0n) is 14.5. The summed E-state index contributed by atoms with van der Waals surface area (Å²) in [6.45, 7) is 0.570. The summed E-state index contributed by atoms with van der Waals surface area (Å²) in [5.74, 6) is -0.526. The number of fused-ring (bicyclic) bond motifs is 1. The fraction of sp³-hybridized carbons (Fsp3) is 0.200. The fourth-order valence-electron chi connectivity index (χ4n) is 2.83. The van der Waals surface area contributed by atoms with Gasteiger partial charge < -0.3 is 9.64 Å². The second kappa shape index (κ2) is 7.65. The van der Waals surface area contributed by atoms with Crippen molar-refractivity contribution in [3.8, 4) is 6.07 Å². The monoisotopic (exact) mass is 368 g/mol. The number of methoxy groups -OCH3 is 1. The summed E-state index contributed by atoms with van der Waals surface area (Å²) in [7, 11) is 3.23. The average molecular weight is 368 g/mol. The van der Waals surface area contributed by atoms with Crippen LogP contribution < -0.4 is 0 Å². The van der Waals surface area contributed by atoms with Crippen LogP contribution in [0.2, 0.25) is 0 Å². The average Bonchev–Trinajstić information content (AvgIpc) is 3.02. The van der Waals surface area contributed by atoms with Gasteiger partial charge in [-0.05, 0) is 29.8 Å². The normalized spacial score (nSPS) is 10.7. The van der Waals surface area contributed by atoms with E-state index in [9.17, 15) is 9.18 Å². The van der Waals surface area contributed by atoms with Gasteiger partial charge in [-0.25, -0.2) is 4.39 Å². The van der Waals surface area contributed by atoms with E-state index in [1.807, 2.05) is 12.1 Å². The molecule has 0 fully saturated rings. The van der Waals surface area contributed by atoms with E-state index in [1.54, 1.807) is 36.2 Å². The Hall–Kier alpha value is -2.75. The van der Waals surface area contributed by atoms with Crippen molar-refractivity contribution >= 4 is 27.3 Å². The molecule has 132 valence electrons. The van der Waals surface area contributed by atoms with Gasteiger partial charge in [-0.15, -0.1) is 11.3 Å². The molecule has 0 N–H and O–H groups in total. The van der Waals surface area contributed by atoms with Crippen LogP contribution in [0.5, 0.6) is 0 Å². The molecule has 1 amide bonds. The third-order valence-corrected chi connectivity index (χ3v) is 5.28. The van der Waals surface area contributed by atoms with Crippen molar-refractivity contribution in [3.63, 3.8) is 0 Å². The van der Waals surface area contributed by atoms with Crippen molar-refractivity contribution in [2.24, 2.45) is 0 Å². The summed E-state index contributed by atoms with van der Waals surface area (Å²) in [6.07, 6.45) is 0. The van der Waals surface area contributed by atoms with Crippen molar-refractivity contribution in [1.29, 1.82) is 5.26 Å². The number of hydrogen-bond acceptors (Lipinski definition) is 4. The topological polar surface area (TPSA) is 53.3 Å². The first kappa shape index (κ1) is 18.1. The third kappa shape index (κ3) is 3.45. The highest BCUT2D eigenvalue weighted by Crippen LogP contribution is 2.34. The molecular formula is C20H17FN2O2S. The molecule has 0 spiro atoms. The van der Waals surface area contributed by atoms with E-state index in [0.29, 0.717) is 27.9 Å². The lowest BCUT2D eigenvalue weighted by Gasteiger charge is -2.17. The Bertz CT molecular complexity index is 989. The SMILES string of the molecule is COCc1c(C(=O)N(C)Cc2ccc(C#N)cc2)sc2cccc(F)c12. The van der Waals surface area contributed by atoms with E-state index in [0.717, 1.165) is 10.3 Å². The summed E-state index contributed by atoms with van der Waals surface area (Å²) in [5.41, 5.74) is 2.08. The summed E-state index contributed by atoms with van der Waals surface area (Å²) < 4.78 is 20.2. The van der Waals surface area contributed by atoms with Crippen molar-refractivity contribution in [3.05, 3.63) is 69.8 Å². The highest BCUT2D eigenvalue weighted by atomic mass is 32.1. The second-order valence-corrected chi connectivity index (χ2v) is 6.98. The molecule has 0 aliphatic rings. The zero-order chi connectivity index (χ0) is 18.7. The number of hydrogen-bond donors (Lipinski definition) is 0. The first-order chi connectivity index (χ1) is 12.5. The number of nitrogens with zero attached hydrogens (tertiary/aromatic N) is 2. The standard InChI is InChI=1S/C20H17FN2O2S/c1-23(11-14-8-6-13(10-22)7-9-14)20(24)19-15(12-25-2)18-16(21)4-3-5-17(18)26-19/h3-9H,11-12H2,1-2H3. The summed E-state index contributed by atoms with van der Waals surface area (Å²) in [4.78, 5) is 15.0. The number of rotatable bonds is 5. The van der Waals surface area contributed by atoms with Gasteiger partial charge in [0.1, 0.15) is 5.82 Å². The Balaban J connectivity index is 1.92. The van der Waals surface area contributed by atoms with Gasteiger partial charge in [-0.1, -0.05) is 18.2 Å². The summed E-state index contributed by atoms with van der Waals surface area (Å²) in [6, 6.07) is 14.0. The molecule has 2 aromatic carbocycles. The van der Waals surface area contributed by atoms with Gasteiger partial charge in [0.15, 0.2) is 0 Å². The summed E-state index contributed by atoms with van der Waals surface area (Å²) >= 11 is 1.28. The van der Waals surface area contributed by atoms with Gasteiger partial charge in [0.2, 0.25) is 0 Å². The molecule has 0 unspecified atom stereocenters. The predicted molar refractivity (Wildman–Crippen MR) is 99.5 cm³/mol. The molecule has 1 aromatic heterocycles. The quantitative estimate of drug-likeness (QED) is 0.673. The lowest BCUT2D eigenvalue weighted by Crippen LogP contribution is -2.26. The molecule has 0 radical (unpaired) electrons. The molecule has 0 saturated heterocycles. The predicted octanol–water partition coefficient (Wildman–Crippen LogP) is 4.33. The van der Waals surface area contributed by atoms with Gasteiger partial charge in [0.25, 0.3) is 5.91 Å². The number of nitriles is 1. The number of benzene rings is 2. The Morgan fingerprint density at radius 3 is 2.65 bits per heavy atom. The first-order valence-electron chi connectivity index (χ1n) is 7.98. The van der Waals surface area contributed by atoms with Crippen molar-refractivity contribution in [2.75, 3.05) is 14.2 Å². The number of halogens is 1. The van der Waals surface area contributed by atoms with E-state index in [-0.39, 0.29) is 18.3 Å². The molecule has 0 aliphatic carbocycles. The Morgan fingerprint density at radius 2 is 2.00 bits per heavy atom. The van der Waals surface area contributed by atoms with Crippen LogP contribution in [-0.2, 0) is 17.9 Å². The van der Waals surface area contributed by atoms with E-state index in [1.165, 1.54) is 24.5 Å². The van der Waals surface area contributed by atoms with Crippen LogP contribution in [0.1, 0.15) is 26.4 Å². The maximum absolute atomic E-state index is 14.3. The Kier molecular flexibility index (Phi) is 5.31. The first-order valence-corrected chi connectivity index (χ1v) is 8.80. The molecule has 1 heterocycles. The number of carbonyl (C=O) groups is 1. The lowest BCUT2D eigenvalue weighted by molar-refractivity contribution is 0.0785. The van der Waals surface area contributed by atoms with Crippen molar-refractivity contribution in [1.82, 2.24) is 4.90 Å². The van der Waals surface area contributed by atoms with Crippen molar-refractivity contribution < 1.29 is 13.9 Å². The number of carbonyl (C=O) groups excluding carboxylic acids is 1. The number of amides is 1. The van der Waals surface area contributed by atoms with E-state index >= 15 is 0 Å². The lowest BCUT2D eigenvalue weighted by atomic mass is 10.1. The van der Waals surface area contributed by atoms with Crippen LogP contribution in [0.3, 0.4) is 0 Å². The maximum atomic E-state index is 14.3. The minimum atomic E-state index is -0.348. The molecule has 4 nitrogen and oxygen atoms in total. The highest BCUT2D eigenvalue weighted by molar-refractivity contribution is 7.21. The van der Waals surface area contributed by atoms with Crippen molar-refractivity contribution in [2.45, 2.75) is 13.2 Å². The fourth-order valence-corrected chi connectivity index (χ4v) is 4.04. The molecule has 0 atom stereocenters. The van der Waals surface area contributed by atoms with Gasteiger partial charge in [0, 0.05) is 36.4 Å². The van der Waals surface area contributed by atoms with Gasteiger partial charge in [-0.3, -0.25) is 4.79 Å². The van der Waals surface area contributed by atoms with Gasteiger partial charge >= 0.3 is 0 Å². The molecular weight excluding hydrogens is 351 g/mol. The van der Waals surface area contributed by atoms with E-state index in [2.05, 4.69) is 6.07 Å². The molecule has 0 saturated carbocycles. The Morgan fingerprint density at radius 1 is 1.27 bits per heavy atom. The highest BCUT2D eigenvalue weighted by Gasteiger charge is 2.23. The smallest absolute Gasteiger partial charge is 0.264 e. The van der Waals surface area contributed by atoms with Crippen LogP contribution in [0.15, 0.2) is 42.5 Å². The Labute approximate surface area is 155 Å². The van der Waals surface area contributed by atoms with Gasteiger partial charge in [0.05, 0.1) is 23.1 Å². The molecule has 0 bridgehead atoms. The molecule has 3 aromatic rings.